The molecule has 2 aromatic carbocycles. The van der Waals surface area contributed by atoms with Gasteiger partial charge in [0.1, 0.15) is 11.2 Å². The van der Waals surface area contributed by atoms with Crippen molar-refractivity contribution < 1.29 is 14.3 Å². The number of ether oxygens (including phenoxy) is 1. The Morgan fingerprint density at radius 1 is 1.21 bits per heavy atom. The molecule has 33 heavy (non-hydrogen) atoms. The summed E-state index contributed by atoms with van der Waals surface area (Å²) in [6.45, 7) is 3.91. The molecular formula is C26H28ClN3O3. The fourth-order valence-corrected chi connectivity index (χ4v) is 5.08. The highest BCUT2D eigenvalue weighted by Gasteiger charge is 2.47. The van der Waals surface area contributed by atoms with E-state index >= 15 is 0 Å². The van der Waals surface area contributed by atoms with Gasteiger partial charge in [0.05, 0.1) is 12.6 Å². The molecule has 0 bridgehead atoms. The number of benzene rings is 2. The van der Waals surface area contributed by atoms with E-state index in [1.807, 2.05) is 66.1 Å². The van der Waals surface area contributed by atoms with Gasteiger partial charge in [-0.05, 0) is 56.0 Å². The smallest absolute Gasteiger partial charge is 0.271 e. The van der Waals surface area contributed by atoms with Gasteiger partial charge in [-0.2, -0.15) is 0 Å². The third kappa shape index (κ3) is 4.13. The molecule has 6 nitrogen and oxygen atoms in total. The number of halogens is 1. The summed E-state index contributed by atoms with van der Waals surface area (Å²) in [6, 6.07) is 17.5. The van der Waals surface area contributed by atoms with E-state index in [9.17, 15) is 9.59 Å². The zero-order valence-corrected chi connectivity index (χ0v) is 19.5. The van der Waals surface area contributed by atoms with E-state index in [0.717, 1.165) is 35.9 Å². The van der Waals surface area contributed by atoms with Gasteiger partial charge >= 0.3 is 0 Å². The molecule has 2 aliphatic heterocycles. The molecule has 1 N–H and O–H groups in total. The van der Waals surface area contributed by atoms with Crippen LogP contribution in [-0.4, -0.2) is 52.6 Å². The van der Waals surface area contributed by atoms with Crippen LogP contribution in [0, 0.1) is 0 Å². The molecule has 0 aliphatic carbocycles. The molecule has 3 heterocycles. The van der Waals surface area contributed by atoms with E-state index in [1.54, 1.807) is 4.90 Å². The number of fused-ring (bicyclic) bond motifs is 3. The lowest BCUT2D eigenvalue weighted by atomic mass is 9.93. The maximum absolute atomic E-state index is 13.7. The fourth-order valence-electron chi connectivity index (χ4n) is 4.95. The lowest BCUT2D eigenvalue weighted by Crippen LogP contribution is -2.64. The number of aromatic nitrogens is 1. The van der Waals surface area contributed by atoms with E-state index < -0.39 is 5.54 Å². The van der Waals surface area contributed by atoms with Crippen LogP contribution in [0.4, 0.5) is 0 Å². The predicted molar refractivity (Wildman–Crippen MR) is 129 cm³/mol. The van der Waals surface area contributed by atoms with Crippen LogP contribution in [0.15, 0.2) is 54.6 Å². The van der Waals surface area contributed by atoms with Crippen LogP contribution in [0.25, 0.3) is 10.9 Å². The molecule has 3 aromatic rings. The average Bonchev–Trinajstić information content (AvgIpc) is 3.46. The zero-order chi connectivity index (χ0) is 23.0. The molecule has 172 valence electrons. The molecule has 1 aromatic heterocycles. The van der Waals surface area contributed by atoms with Crippen LogP contribution in [0.2, 0.25) is 5.02 Å². The van der Waals surface area contributed by atoms with E-state index in [1.165, 1.54) is 0 Å². The van der Waals surface area contributed by atoms with Crippen molar-refractivity contribution in [1.29, 1.82) is 0 Å². The Kier molecular flexibility index (Phi) is 5.89. The monoisotopic (exact) mass is 465 g/mol. The van der Waals surface area contributed by atoms with Crippen molar-refractivity contribution in [3.8, 4) is 0 Å². The molecule has 1 fully saturated rings. The Balaban J connectivity index is 1.46. The summed E-state index contributed by atoms with van der Waals surface area (Å²) >= 11 is 6.02. The van der Waals surface area contributed by atoms with Gasteiger partial charge in [0, 0.05) is 35.6 Å². The highest BCUT2D eigenvalue weighted by molar-refractivity contribution is 6.30. The minimum atomic E-state index is -1.02. The van der Waals surface area contributed by atoms with E-state index in [2.05, 4.69) is 5.32 Å². The first-order valence-electron chi connectivity index (χ1n) is 11.5. The van der Waals surface area contributed by atoms with E-state index in [-0.39, 0.29) is 17.9 Å². The number of hydrogen-bond donors (Lipinski definition) is 1. The third-order valence-electron chi connectivity index (χ3n) is 6.88. The first-order valence-corrected chi connectivity index (χ1v) is 11.9. The highest BCUT2D eigenvalue weighted by atomic mass is 35.5. The Labute approximate surface area is 198 Å². The topological polar surface area (TPSA) is 63.6 Å². The van der Waals surface area contributed by atoms with Crippen molar-refractivity contribution in [2.45, 2.75) is 44.4 Å². The Morgan fingerprint density at radius 3 is 2.76 bits per heavy atom. The highest BCUT2D eigenvalue weighted by Crippen LogP contribution is 2.32. The Hall–Kier alpha value is -2.83. The zero-order valence-electron chi connectivity index (χ0n) is 18.7. The molecular weight excluding hydrogens is 438 g/mol. The normalized spacial score (nSPS) is 22.5. The van der Waals surface area contributed by atoms with Crippen molar-refractivity contribution in [3.05, 3.63) is 70.9 Å². The molecule has 7 heteroatoms. The van der Waals surface area contributed by atoms with Gasteiger partial charge in [-0.25, -0.2) is 0 Å². The number of nitrogens with zero attached hydrogens (tertiary/aromatic N) is 2. The summed E-state index contributed by atoms with van der Waals surface area (Å²) in [6.07, 6.45) is 2.64. The second-order valence-corrected chi connectivity index (χ2v) is 9.56. The number of hydrogen-bond acceptors (Lipinski definition) is 3. The van der Waals surface area contributed by atoms with E-state index in [4.69, 9.17) is 16.3 Å². The van der Waals surface area contributed by atoms with Gasteiger partial charge in [-0.15, -0.1) is 0 Å². The lowest BCUT2D eigenvalue weighted by molar-refractivity contribution is -0.133. The first kappa shape index (κ1) is 22.0. The van der Waals surface area contributed by atoms with Crippen molar-refractivity contribution in [1.82, 2.24) is 14.8 Å². The molecule has 2 aliphatic rings. The van der Waals surface area contributed by atoms with Crippen LogP contribution in [0.3, 0.4) is 0 Å². The van der Waals surface area contributed by atoms with Crippen LogP contribution >= 0.6 is 11.6 Å². The predicted octanol–water partition coefficient (Wildman–Crippen LogP) is 4.05. The van der Waals surface area contributed by atoms with Gasteiger partial charge in [-0.1, -0.05) is 41.9 Å². The molecule has 5 rings (SSSR count). The standard InChI is InChI=1S/C26H28ClN3O3/c1-26(25(32)28-16-21-6-4-14-33-21)17-29-22-7-3-2-5-19(22)15-23(29)24(31)30(26)13-12-18-8-10-20(27)11-9-18/h2-3,5,7-11,15,21H,4,6,12-14,16-17H2,1H3,(H,28,32). The van der Waals surface area contributed by atoms with Gasteiger partial charge in [0.2, 0.25) is 5.91 Å². The number of amides is 2. The van der Waals surface area contributed by atoms with Crippen molar-refractivity contribution in [3.63, 3.8) is 0 Å². The summed E-state index contributed by atoms with van der Waals surface area (Å²) in [4.78, 5) is 29.0. The minimum Gasteiger partial charge on any atom is -0.376 e. The van der Waals surface area contributed by atoms with Crippen LogP contribution in [-0.2, 0) is 22.5 Å². The van der Waals surface area contributed by atoms with Crippen molar-refractivity contribution >= 4 is 34.3 Å². The van der Waals surface area contributed by atoms with Gasteiger partial charge in [0.15, 0.2) is 0 Å². The SMILES string of the molecule is CC1(C(=O)NCC2CCCO2)Cn2c(cc3ccccc32)C(=O)N1CCc1ccc(Cl)cc1. The third-order valence-corrected chi connectivity index (χ3v) is 7.13. The number of carbonyl (C=O) groups is 2. The van der Waals surface area contributed by atoms with Gasteiger partial charge < -0.3 is 19.5 Å². The Morgan fingerprint density at radius 2 is 2.00 bits per heavy atom. The molecule has 1 saturated heterocycles. The number of rotatable bonds is 6. The quantitative estimate of drug-likeness (QED) is 0.597. The second-order valence-electron chi connectivity index (χ2n) is 9.13. The molecule has 0 spiro atoms. The summed E-state index contributed by atoms with van der Waals surface area (Å²) in [5.74, 6) is -0.271. The lowest BCUT2D eigenvalue weighted by Gasteiger charge is -2.44. The molecule has 0 radical (unpaired) electrons. The summed E-state index contributed by atoms with van der Waals surface area (Å²) in [7, 11) is 0. The van der Waals surface area contributed by atoms with E-state index in [0.29, 0.717) is 36.8 Å². The van der Waals surface area contributed by atoms with Crippen LogP contribution in [0.5, 0.6) is 0 Å². The molecule has 0 saturated carbocycles. The fraction of sp³-hybridized carbons (Fsp3) is 0.385. The summed E-state index contributed by atoms with van der Waals surface area (Å²) in [5, 5.41) is 4.75. The number of para-hydroxylation sites is 1. The molecule has 2 unspecified atom stereocenters. The van der Waals surface area contributed by atoms with Crippen LogP contribution < -0.4 is 5.32 Å². The largest absolute Gasteiger partial charge is 0.376 e. The number of nitrogens with one attached hydrogen (secondary N) is 1. The molecule has 2 amide bonds. The average molecular weight is 466 g/mol. The van der Waals surface area contributed by atoms with Gasteiger partial charge in [-0.3, -0.25) is 9.59 Å². The molecule has 2 atom stereocenters. The Bertz CT molecular complexity index is 1180. The maximum Gasteiger partial charge on any atom is 0.271 e. The second kappa shape index (κ2) is 8.84. The first-order chi connectivity index (χ1) is 16.0. The summed E-state index contributed by atoms with van der Waals surface area (Å²) < 4.78 is 7.67. The maximum atomic E-state index is 13.7. The summed E-state index contributed by atoms with van der Waals surface area (Å²) in [5.41, 5.74) is 1.64. The number of carbonyl (C=O) groups excluding carboxylic acids is 2. The van der Waals surface area contributed by atoms with Crippen molar-refractivity contribution in [2.75, 3.05) is 19.7 Å². The van der Waals surface area contributed by atoms with Crippen molar-refractivity contribution in [2.24, 2.45) is 0 Å². The minimum absolute atomic E-state index is 0.0438. The van der Waals surface area contributed by atoms with Crippen LogP contribution in [0.1, 0.15) is 35.8 Å². The van der Waals surface area contributed by atoms with Gasteiger partial charge in [0.25, 0.3) is 5.91 Å².